The SMILES string of the molecule is CCNC(=NCc1nnc(C)n1C)N1CCC(CN2CCOCC2)C1. The second-order valence-corrected chi connectivity index (χ2v) is 6.91. The van der Waals surface area contributed by atoms with Crippen molar-refractivity contribution in [2.75, 3.05) is 52.5 Å². The van der Waals surface area contributed by atoms with Crippen molar-refractivity contribution in [3.05, 3.63) is 11.6 Å². The largest absolute Gasteiger partial charge is 0.379 e. The molecule has 140 valence electrons. The summed E-state index contributed by atoms with van der Waals surface area (Å²) >= 11 is 0. The van der Waals surface area contributed by atoms with E-state index in [9.17, 15) is 0 Å². The number of hydrogen-bond donors (Lipinski definition) is 1. The summed E-state index contributed by atoms with van der Waals surface area (Å²) in [7, 11) is 1.99. The molecule has 2 saturated heterocycles. The van der Waals surface area contributed by atoms with Crippen LogP contribution in [-0.2, 0) is 18.3 Å². The highest BCUT2D eigenvalue weighted by atomic mass is 16.5. The zero-order valence-electron chi connectivity index (χ0n) is 15.7. The summed E-state index contributed by atoms with van der Waals surface area (Å²) < 4.78 is 7.44. The summed E-state index contributed by atoms with van der Waals surface area (Å²) in [6.07, 6.45) is 1.23. The summed E-state index contributed by atoms with van der Waals surface area (Å²) in [5, 5.41) is 11.7. The molecule has 1 N–H and O–H groups in total. The molecule has 0 saturated carbocycles. The van der Waals surface area contributed by atoms with E-state index in [-0.39, 0.29) is 0 Å². The van der Waals surface area contributed by atoms with E-state index >= 15 is 0 Å². The molecular weight excluding hydrogens is 318 g/mol. The molecule has 1 unspecified atom stereocenters. The lowest BCUT2D eigenvalue weighted by molar-refractivity contribution is 0.0315. The van der Waals surface area contributed by atoms with Crippen molar-refractivity contribution in [1.29, 1.82) is 0 Å². The predicted molar refractivity (Wildman–Crippen MR) is 97.5 cm³/mol. The van der Waals surface area contributed by atoms with Gasteiger partial charge in [-0.3, -0.25) is 4.90 Å². The molecule has 2 aliphatic rings. The van der Waals surface area contributed by atoms with Gasteiger partial charge in [-0.2, -0.15) is 0 Å². The fraction of sp³-hybridized carbons (Fsp3) is 0.824. The van der Waals surface area contributed by atoms with Crippen LogP contribution in [-0.4, -0.2) is 83.0 Å². The Labute approximate surface area is 150 Å². The third kappa shape index (κ3) is 4.70. The monoisotopic (exact) mass is 349 g/mol. The zero-order valence-corrected chi connectivity index (χ0v) is 15.7. The molecule has 1 aromatic rings. The highest BCUT2D eigenvalue weighted by Crippen LogP contribution is 2.18. The van der Waals surface area contributed by atoms with Gasteiger partial charge in [0.2, 0.25) is 0 Å². The van der Waals surface area contributed by atoms with Crippen LogP contribution in [0.3, 0.4) is 0 Å². The summed E-state index contributed by atoms with van der Waals surface area (Å²) in [6, 6.07) is 0. The third-order valence-corrected chi connectivity index (χ3v) is 5.09. The number of hydrogen-bond acceptors (Lipinski definition) is 5. The number of aliphatic imine (C=N–C) groups is 1. The maximum Gasteiger partial charge on any atom is 0.194 e. The number of ether oxygens (including phenoxy) is 1. The van der Waals surface area contributed by atoms with Crippen LogP contribution in [0, 0.1) is 12.8 Å². The first kappa shape index (κ1) is 18.1. The average molecular weight is 349 g/mol. The molecule has 8 heteroatoms. The van der Waals surface area contributed by atoms with Crippen LogP contribution >= 0.6 is 0 Å². The van der Waals surface area contributed by atoms with Crippen molar-refractivity contribution in [1.82, 2.24) is 29.9 Å². The average Bonchev–Trinajstić information content (AvgIpc) is 3.21. The number of aromatic nitrogens is 3. The van der Waals surface area contributed by atoms with E-state index in [1.165, 1.54) is 13.0 Å². The second-order valence-electron chi connectivity index (χ2n) is 6.91. The molecule has 3 heterocycles. The minimum atomic E-state index is 0.560. The van der Waals surface area contributed by atoms with Gasteiger partial charge in [-0.15, -0.1) is 10.2 Å². The van der Waals surface area contributed by atoms with Crippen molar-refractivity contribution in [2.24, 2.45) is 18.0 Å². The Morgan fingerprint density at radius 2 is 2.08 bits per heavy atom. The number of rotatable bonds is 5. The molecule has 1 aromatic heterocycles. The molecule has 0 amide bonds. The van der Waals surface area contributed by atoms with Crippen LogP contribution in [0.25, 0.3) is 0 Å². The van der Waals surface area contributed by atoms with E-state index in [4.69, 9.17) is 9.73 Å². The number of guanidine groups is 1. The molecule has 8 nitrogen and oxygen atoms in total. The van der Waals surface area contributed by atoms with Crippen molar-refractivity contribution >= 4 is 5.96 Å². The smallest absolute Gasteiger partial charge is 0.194 e. The molecule has 25 heavy (non-hydrogen) atoms. The summed E-state index contributed by atoms with van der Waals surface area (Å²) in [6.45, 7) is 12.7. The summed E-state index contributed by atoms with van der Waals surface area (Å²) in [5.41, 5.74) is 0. The summed E-state index contributed by atoms with van der Waals surface area (Å²) in [5.74, 6) is 3.52. The molecule has 1 atom stereocenters. The Bertz CT molecular complexity index is 580. The van der Waals surface area contributed by atoms with Gasteiger partial charge in [0.25, 0.3) is 0 Å². The van der Waals surface area contributed by atoms with E-state index in [1.807, 2.05) is 18.5 Å². The van der Waals surface area contributed by atoms with Crippen LogP contribution in [0.15, 0.2) is 4.99 Å². The predicted octanol–water partition coefficient (Wildman–Crippen LogP) is 0.243. The first-order chi connectivity index (χ1) is 12.2. The van der Waals surface area contributed by atoms with E-state index in [1.54, 1.807) is 0 Å². The minimum Gasteiger partial charge on any atom is -0.379 e. The van der Waals surface area contributed by atoms with Crippen LogP contribution in [0.1, 0.15) is 25.0 Å². The Morgan fingerprint density at radius 3 is 2.76 bits per heavy atom. The number of nitrogens with one attached hydrogen (secondary N) is 1. The maximum atomic E-state index is 5.45. The van der Waals surface area contributed by atoms with Gasteiger partial charge in [0.05, 0.1) is 13.2 Å². The minimum absolute atomic E-state index is 0.560. The van der Waals surface area contributed by atoms with Crippen molar-refractivity contribution in [3.8, 4) is 0 Å². The molecule has 0 radical (unpaired) electrons. The van der Waals surface area contributed by atoms with E-state index in [0.29, 0.717) is 12.5 Å². The third-order valence-electron chi connectivity index (χ3n) is 5.09. The molecule has 3 rings (SSSR count). The first-order valence-corrected chi connectivity index (χ1v) is 9.35. The lowest BCUT2D eigenvalue weighted by Gasteiger charge is -2.29. The lowest BCUT2D eigenvalue weighted by atomic mass is 10.1. The fourth-order valence-electron chi connectivity index (χ4n) is 3.48. The van der Waals surface area contributed by atoms with Gasteiger partial charge in [-0.05, 0) is 26.2 Å². The summed E-state index contributed by atoms with van der Waals surface area (Å²) in [4.78, 5) is 9.71. The number of aryl methyl sites for hydroxylation is 1. The highest BCUT2D eigenvalue weighted by molar-refractivity contribution is 5.80. The Kier molecular flexibility index (Phi) is 6.25. The van der Waals surface area contributed by atoms with Crippen LogP contribution < -0.4 is 5.32 Å². The Hall–Kier alpha value is -1.67. The Balaban J connectivity index is 1.57. The second kappa shape index (κ2) is 8.62. The number of nitrogens with zero attached hydrogens (tertiary/aromatic N) is 6. The van der Waals surface area contributed by atoms with Gasteiger partial charge >= 0.3 is 0 Å². The molecule has 0 aromatic carbocycles. The number of likely N-dealkylation sites (tertiary alicyclic amines) is 1. The molecule has 2 aliphatic heterocycles. The molecular formula is C17H31N7O. The zero-order chi connectivity index (χ0) is 17.6. The van der Waals surface area contributed by atoms with Crippen molar-refractivity contribution < 1.29 is 4.74 Å². The molecule has 0 bridgehead atoms. The van der Waals surface area contributed by atoms with Crippen LogP contribution in [0.2, 0.25) is 0 Å². The first-order valence-electron chi connectivity index (χ1n) is 9.35. The van der Waals surface area contributed by atoms with Gasteiger partial charge in [0, 0.05) is 46.3 Å². The van der Waals surface area contributed by atoms with Crippen molar-refractivity contribution in [3.63, 3.8) is 0 Å². The van der Waals surface area contributed by atoms with Crippen LogP contribution in [0.4, 0.5) is 0 Å². The van der Waals surface area contributed by atoms with Gasteiger partial charge in [-0.1, -0.05) is 0 Å². The quantitative estimate of drug-likeness (QED) is 0.607. The van der Waals surface area contributed by atoms with Gasteiger partial charge < -0.3 is 19.5 Å². The topological polar surface area (TPSA) is 70.8 Å². The standard InChI is InChI=1S/C17H31N7O/c1-4-18-17(19-11-16-21-20-14(2)22(16)3)24-6-5-15(13-24)12-23-7-9-25-10-8-23/h15H,4-13H2,1-3H3,(H,18,19). The fourth-order valence-corrected chi connectivity index (χ4v) is 3.48. The molecule has 0 aliphatic carbocycles. The molecule has 0 spiro atoms. The van der Waals surface area contributed by atoms with Gasteiger partial charge in [0.1, 0.15) is 12.4 Å². The number of morpholine rings is 1. The van der Waals surface area contributed by atoms with Crippen LogP contribution in [0.5, 0.6) is 0 Å². The van der Waals surface area contributed by atoms with Gasteiger partial charge in [-0.25, -0.2) is 4.99 Å². The van der Waals surface area contributed by atoms with Crippen molar-refractivity contribution in [2.45, 2.75) is 26.8 Å². The normalized spacial score (nSPS) is 22.6. The maximum absolute atomic E-state index is 5.45. The van der Waals surface area contributed by atoms with Gasteiger partial charge in [0.15, 0.2) is 11.8 Å². The van der Waals surface area contributed by atoms with E-state index in [0.717, 1.165) is 63.5 Å². The Morgan fingerprint density at radius 1 is 1.28 bits per heavy atom. The molecule has 2 fully saturated rings. The van der Waals surface area contributed by atoms with E-state index < -0.39 is 0 Å². The lowest BCUT2D eigenvalue weighted by Crippen LogP contribution is -2.42. The van der Waals surface area contributed by atoms with E-state index in [2.05, 4.69) is 32.2 Å². The highest BCUT2D eigenvalue weighted by Gasteiger charge is 2.27.